The predicted octanol–water partition coefficient (Wildman–Crippen LogP) is 4.50. The van der Waals surface area contributed by atoms with E-state index in [2.05, 4.69) is 18.7 Å². The summed E-state index contributed by atoms with van der Waals surface area (Å²) >= 11 is 0. The van der Waals surface area contributed by atoms with E-state index < -0.39 is 0 Å². The van der Waals surface area contributed by atoms with E-state index in [1.807, 2.05) is 24.3 Å². The minimum Gasteiger partial charge on any atom is -0.493 e. The molecule has 2 aromatic carbocycles. The molecular formula is C28H35NO7. The normalized spacial score (nSPS) is 16.4. The molecule has 0 aliphatic carbocycles. The van der Waals surface area contributed by atoms with Gasteiger partial charge in [-0.1, -0.05) is 0 Å². The first-order chi connectivity index (χ1) is 17.3. The van der Waals surface area contributed by atoms with Crippen molar-refractivity contribution in [2.75, 3.05) is 55.7 Å². The van der Waals surface area contributed by atoms with E-state index in [-0.39, 0.29) is 11.8 Å². The molecule has 8 heteroatoms. The smallest absolute Gasteiger partial charge is 0.203 e. The van der Waals surface area contributed by atoms with Gasteiger partial charge in [0, 0.05) is 41.4 Å². The summed E-state index contributed by atoms with van der Waals surface area (Å²) in [5.41, 5.74) is 2.75. The quantitative estimate of drug-likeness (QED) is 0.469. The highest BCUT2D eigenvalue weighted by molar-refractivity contribution is 6.15. The molecular weight excluding hydrogens is 462 g/mol. The maximum absolute atomic E-state index is 13.7. The Morgan fingerprint density at radius 3 is 1.33 bits per heavy atom. The van der Waals surface area contributed by atoms with Crippen molar-refractivity contribution in [2.45, 2.75) is 19.9 Å². The first-order valence-electron chi connectivity index (χ1n) is 11.6. The number of benzene rings is 2. The average molecular weight is 498 g/mol. The van der Waals surface area contributed by atoms with Crippen LogP contribution >= 0.6 is 0 Å². The van der Waals surface area contributed by atoms with Crippen molar-refractivity contribution in [3.05, 3.63) is 46.5 Å². The summed E-state index contributed by atoms with van der Waals surface area (Å²) in [4.78, 5) is 15.9. The molecule has 0 bridgehead atoms. The van der Waals surface area contributed by atoms with E-state index in [4.69, 9.17) is 28.4 Å². The first kappa shape index (κ1) is 26.9. The van der Waals surface area contributed by atoms with Crippen molar-refractivity contribution in [3.8, 4) is 34.5 Å². The molecule has 1 saturated heterocycles. The van der Waals surface area contributed by atoms with Crippen molar-refractivity contribution in [1.82, 2.24) is 4.90 Å². The monoisotopic (exact) mass is 497 g/mol. The van der Waals surface area contributed by atoms with Crippen LogP contribution in [0.4, 0.5) is 0 Å². The van der Waals surface area contributed by atoms with E-state index >= 15 is 0 Å². The van der Waals surface area contributed by atoms with Crippen molar-refractivity contribution in [3.63, 3.8) is 0 Å². The summed E-state index contributed by atoms with van der Waals surface area (Å²) < 4.78 is 33.1. The van der Waals surface area contributed by atoms with Crippen molar-refractivity contribution >= 4 is 17.9 Å². The van der Waals surface area contributed by atoms with Gasteiger partial charge >= 0.3 is 0 Å². The fourth-order valence-corrected chi connectivity index (χ4v) is 4.28. The number of hydrogen-bond donors (Lipinski definition) is 0. The second kappa shape index (κ2) is 11.9. The molecule has 0 N–H and O–H groups in total. The molecule has 194 valence electrons. The van der Waals surface area contributed by atoms with Gasteiger partial charge in [-0.15, -0.1) is 0 Å². The van der Waals surface area contributed by atoms with Crippen LogP contribution in [0, 0.1) is 0 Å². The van der Waals surface area contributed by atoms with E-state index in [9.17, 15) is 4.79 Å². The van der Waals surface area contributed by atoms with Gasteiger partial charge in [-0.3, -0.25) is 9.69 Å². The van der Waals surface area contributed by atoms with Crippen LogP contribution in [0.5, 0.6) is 34.5 Å². The van der Waals surface area contributed by atoms with Crippen LogP contribution < -0.4 is 28.4 Å². The fraction of sp³-hybridized carbons (Fsp3) is 0.393. The molecule has 1 aliphatic rings. The van der Waals surface area contributed by atoms with Crippen LogP contribution in [-0.4, -0.2) is 72.5 Å². The Bertz CT molecular complexity index is 1080. The number of carbonyl (C=O) groups excluding carboxylic acids is 1. The van der Waals surface area contributed by atoms with Gasteiger partial charge in [-0.05, 0) is 50.3 Å². The topological polar surface area (TPSA) is 75.7 Å². The molecule has 8 nitrogen and oxygen atoms in total. The first-order valence-corrected chi connectivity index (χ1v) is 11.6. The van der Waals surface area contributed by atoms with Crippen molar-refractivity contribution in [1.29, 1.82) is 0 Å². The average Bonchev–Trinajstić information content (AvgIpc) is 2.89. The minimum absolute atomic E-state index is 0.0411. The lowest BCUT2D eigenvalue weighted by Gasteiger charge is -2.33. The Kier molecular flexibility index (Phi) is 8.88. The van der Waals surface area contributed by atoms with Gasteiger partial charge in [-0.25, -0.2) is 0 Å². The summed E-state index contributed by atoms with van der Waals surface area (Å²) in [6.45, 7) is 5.24. The Balaban J connectivity index is 2.13. The largest absolute Gasteiger partial charge is 0.493 e. The van der Waals surface area contributed by atoms with Crippen LogP contribution in [0.15, 0.2) is 35.4 Å². The molecule has 0 unspecified atom stereocenters. The number of hydrogen-bond acceptors (Lipinski definition) is 8. The Morgan fingerprint density at radius 2 is 1.03 bits per heavy atom. The van der Waals surface area contributed by atoms with Gasteiger partial charge in [0.15, 0.2) is 28.8 Å². The van der Waals surface area contributed by atoms with Crippen LogP contribution in [0.1, 0.15) is 25.0 Å². The molecule has 2 aromatic rings. The van der Waals surface area contributed by atoms with Gasteiger partial charge in [-0.2, -0.15) is 0 Å². The maximum Gasteiger partial charge on any atom is 0.203 e. The summed E-state index contributed by atoms with van der Waals surface area (Å²) in [7, 11) is 9.39. The number of piperidine rings is 1. The van der Waals surface area contributed by atoms with Gasteiger partial charge in [0.05, 0.1) is 42.7 Å². The number of rotatable bonds is 9. The molecule has 0 spiro atoms. The highest BCUT2D eigenvalue weighted by Crippen LogP contribution is 2.42. The number of nitrogens with zero attached hydrogens (tertiary/aromatic N) is 1. The lowest BCUT2D eigenvalue weighted by molar-refractivity contribution is -0.113. The highest BCUT2D eigenvalue weighted by atomic mass is 16.5. The number of Topliss-reactive ketones (excluding diaryl/α,β-unsaturated/α-hetero) is 1. The predicted molar refractivity (Wildman–Crippen MR) is 140 cm³/mol. The molecule has 0 radical (unpaired) electrons. The third-order valence-corrected chi connectivity index (χ3v) is 6.19. The van der Waals surface area contributed by atoms with Crippen LogP contribution in [0.2, 0.25) is 0 Å². The zero-order chi connectivity index (χ0) is 26.4. The molecule has 1 fully saturated rings. The lowest BCUT2D eigenvalue weighted by atomic mass is 9.93. The van der Waals surface area contributed by atoms with Crippen LogP contribution in [0.25, 0.3) is 12.2 Å². The number of ketones is 1. The number of carbonyl (C=O) groups is 1. The summed E-state index contributed by atoms with van der Waals surface area (Å²) in [5.74, 6) is 3.03. The van der Waals surface area contributed by atoms with Crippen molar-refractivity contribution < 1.29 is 33.2 Å². The molecule has 0 atom stereocenters. The van der Waals surface area contributed by atoms with E-state index in [1.165, 1.54) is 0 Å². The second-order valence-corrected chi connectivity index (χ2v) is 8.51. The molecule has 36 heavy (non-hydrogen) atoms. The third kappa shape index (κ3) is 5.28. The second-order valence-electron chi connectivity index (χ2n) is 8.51. The van der Waals surface area contributed by atoms with Crippen LogP contribution in [-0.2, 0) is 4.79 Å². The molecule has 0 aromatic heterocycles. The van der Waals surface area contributed by atoms with Gasteiger partial charge in [0.2, 0.25) is 11.5 Å². The maximum atomic E-state index is 13.7. The van der Waals surface area contributed by atoms with E-state index in [0.29, 0.717) is 58.7 Å². The number of likely N-dealkylation sites (tertiary alicyclic amines) is 1. The van der Waals surface area contributed by atoms with Crippen molar-refractivity contribution in [2.24, 2.45) is 0 Å². The highest BCUT2D eigenvalue weighted by Gasteiger charge is 2.29. The van der Waals surface area contributed by atoms with Gasteiger partial charge < -0.3 is 28.4 Å². The molecule has 1 aliphatic heterocycles. The van der Waals surface area contributed by atoms with Crippen LogP contribution in [0.3, 0.4) is 0 Å². The summed E-state index contributed by atoms with van der Waals surface area (Å²) in [5, 5.41) is 0. The molecule has 1 heterocycles. The zero-order valence-corrected chi connectivity index (χ0v) is 22.3. The molecule has 0 saturated carbocycles. The summed E-state index contributed by atoms with van der Waals surface area (Å²) in [6.07, 6.45) is 3.72. The Hall–Kier alpha value is -3.65. The Morgan fingerprint density at radius 1 is 0.639 bits per heavy atom. The van der Waals surface area contributed by atoms with E-state index in [1.54, 1.807) is 54.8 Å². The SMILES string of the molecule is COc1ccc(C=C2CN(C(C)C)CC(=Cc3ccc(OC)c(OC)c3OC)C2=O)c(OC)c1OC. The third-order valence-electron chi connectivity index (χ3n) is 6.19. The number of ether oxygens (including phenoxy) is 6. The molecule has 3 rings (SSSR count). The lowest BCUT2D eigenvalue weighted by Crippen LogP contribution is -2.41. The van der Waals surface area contributed by atoms with E-state index in [0.717, 1.165) is 11.1 Å². The fourth-order valence-electron chi connectivity index (χ4n) is 4.28. The van der Waals surface area contributed by atoms with Gasteiger partial charge in [0.1, 0.15) is 0 Å². The van der Waals surface area contributed by atoms with Gasteiger partial charge in [0.25, 0.3) is 0 Å². The molecule has 0 amide bonds. The summed E-state index contributed by atoms with van der Waals surface area (Å²) in [6, 6.07) is 7.54. The number of methoxy groups -OCH3 is 6. The zero-order valence-electron chi connectivity index (χ0n) is 22.3. The standard InChI is InChI=1S/C28H35NO7/c1-17(2)29-15-20(13-18-9-11-22(31-3)27(35-7)25(18)33-5)24(30)21(16-29)14-19-10-12-23(32-4)28(36-8)26(19)34-6/h9-14,17H,15-16H2,1-8H3. The Labute approximate surface area is 213 Å². The minimum atomic E-state index is -0.0411.